The Morgan fingerprint density at radius 2 is 1.68 bits per heavy atom. The van der Waals surface area contributed by atoms with Crippen molar-refractivity contribution in [3.8, 4) is 16.8 Å². The Bertz CT molecular complexity index is 1430. The average molecular weight is 444 g/mol. The maximum absolute atomic E-state index is 5.02. The summed E-state index contributed by atoms with van der Waals surface area (Å²) in [6, 6.07) is 24.9. The summed E-state index contributed by atoms with van der Waals surface area (Å²) < 4.78 is 1.84. The second-order valence-corrected chi connectivity index (χ2v) is 8.05. The van der Waals surface area contributed by atoms with Crippen molar-refractivity contribution in [1.29, 1.82) is 0 Å². The van der Waals surface area contributed by atoms with E-state index in [4.69, 9.17) is 4.99 Å². The third-order valence-electron chi connectivity index (χ3n) is 5.94. The molecule has 34 heavy (non-hydrogen) atoms. The molecule has 0 fully saturated rings. The Hall–Kier alpha value is -4.65. The molecular formula is C27H21N7. The predicted octanol–water partition coefficient (Wildman–Crippen LogP) is 4.86. The fourth-order valence-electron chi connectivity index (χ4n) is 4.33. The van der Waals surface area contributed by atoms with E-state index in [0.29, 0.717) is 6.54 Å². The number of rotatable bonds is 5. The van der Waals surface area contributed by atoms with Gasteiger partial charge in [0.1, 0.15) is 18.8 Å². The van der Waals surface area contributed by atoms with Crippen LogP contribution in [0.25, 0.3) is 16.8 Å². The molecule has 1 aliphatic rings. The molecule has 0 N–H and O–H groups in total. The molecule has 4 heterocycles. The van der Waals surface area contributed by atoms with E-state index in [0.717, 1.165) is 33.8 Å². The third-order valence-corrected chi connectivity index (χ3v) is 5.94. The van der Waals surface area contributed by atoms with E-state index in [9.17, 15) is 0 Å². The molecule has 2 aromatic carbocycles. The van der Waals surface area contributed by atoms with Gasteiger partial charge in [0, 0.05) is 35.4 Å². The molecule has 0 radical (unpaired) electrons. The number of pyridine rings is 2. The van der Waals surface area contributed by atoms with Crippen molar-refractivity contribution < 1.29 is 0 Å². The Morgan fingerprint density at radius 1 is 0.824 bits per heavy atom. The van der Waals surface area contributed by atoms with Gasteiger partial charge in [0.2, 0.25) is 0 Å². The number of aromatic nitrogens is 5. The van der Waals surface area contributed by atoms with Crippen LogP contribution in [-0.4, -0.2) is 30.9 Å². The Labute approximate surface area is 197 Å². The second-order valence-electron chi connectivity index (χ2n) is 8.05. The second kappa shape index (κ2) is 8.71. The topological polar surface area (TPSA) is 72.1 Å². The minimum Gasteiger partial charge on any atom is -0.339 e. The Morgan fingerprint density at radius 3 is 2.50 bits per heavy atom. The summed E-state index contributed by atoms with van der Waals surface area (Å²) in [6.07, 6.45) is 10.6. The maximum Gasteiger partial charge on any atom is 0.149 e. The maximum atomic E-state index is 5.02. The van der Waals surface area contributed by atoms with Crippen LogP contribution < -0.4 is 4.90 Å². The first kappa shape index (κ1) is 20.0. The van der Waals surface area contributed by atoms with Crippen LogP contribution in [0.3, 0.4) is 0 Å². The van der Waals surface area contributed by atoms with Crippen LogP contribution in [0.15, 0.2) is 109 Å². The molecule has 164 valence electrons. The molecule has 0 amide bonds. The molecule has 6 rings (SSSR count). The lowest BCUT2D eigenvalue weighted by molar-refractivity contribution is 0.631. The van der Waals surface area contributed by atoms with E-state index in [1.807, 2.05) is 47.4 Å². The highest BCUT2D eigenvalue weighted by molar-refractivity contribution is 5.98. The van der Waals surface area contributed by atoms with Crippen molar-refractivity contribution in [3.05, 3.63) is 121 Å². The first-order valence-electron chi connectivity index (χ1n) is 11.0. The van der Waals surface area contributed by atoms with Gasteiger partial charge >= 0.3 is 0 Å². The summed E-state index contributed by atoms with van der Waals surface area (Å²) in [5.41, 5.74) is 7.38. The quantitative estimate of drug-likeness (QED) is 0.388. The van der Waals surface area contributed by atoms with Crippen LogP contribution in [0.5, 0.6) is 0 Å². The third kappa shape index (κ3) is 3.73. The summed E-state index contributed by atoms with van der Waals surface area (Å²) in [4.78, 5) is 16.4. The van der Waals surface area contributed by atoms with E-state index in [1.165, 1.54) is 5.56 Å². The lowest BCUT2D eigenvalue weighted by atomic mass is 9.96. The van der Waals surface area contributed by atoms with E-state index in [1.54, 1.807) is 18.9 Å². The smallest absolute Gasteiger partial charge is 0.149 e. The van der Waals surface area contributed by atoms with Crippen molar-refractivity contribution in [3.63, 3.8) is 0 Å². The summed E-state index contributed by atoms with van der Waals surface area (Å²) in [5.74, 6) is 0. The van der Waals surface area contributed by atoms with Crippen molar-refractivity contribution in [1.82, 2.24) is 24.7 Å². The van der Waals surface area contributed by atoms with Gasteiger partial charge in [-0.1, -0.05) is 48.5 Å². The minimum absolute atomic E-state index is 0.246. The zero-order valence-corrected chi connectivity index (χ0v) is 18.3. The lowest BCUT2D eigenvalue weighted by Crippen LogP contribution is -2.31. The highest BCUT2D eigenvalue weighted by Gasteiger charge is 2.27. The highest BCUT2D eigenvalue weighted by atomic mass is 15.3. The van der Waals surface area contributed by atoms with E-state index < -0.39 is 0 Å². The number of benzene rings is 2. The van der Waals surface area contributed by atoms with Gasteiger partial charge in [0.25, 0.3) is 0 Å². The highest BCUT2D eigenvalue weighted by Crippen LogP contribution is 2.39. The van der Waals surface area contributed by atoms with Gasteiger partial charge in [0.05, 0.1) is 24.1 Å². The zero-order valence-electron chi connectivity index (χ0n) is 18.3. The van der Waals surface area contributed by atoms with Crippen molar-refractivity contribution in [2.75, 3.05) is 4.90 Å². The molecule has 5 aromatic rings. The summed E-state index contributed by atoms with van der Waals surface area (Å²) in [6.45, 7) is 0.616. The van der Waals surface area contributed by atoms with Crippen LogP contribution in [-0.2, 0) is 6.54 Å². The van der Waals surface area contributed by atoms with Gasteiger partial charge in [-0.15, -0.1) is 10.2 Å². The number of hydrogen-bond acceptors (Lipinski definition) is 6. The molecule has 1 unspecified atom stereocenters. The van der Waals surface area contributed by atoms with Gasteiger partial charge < -0.3 is 4.90 Å². The standard InChI is InChI=1S/C27H21N7/c1-2-7-20(8-3-1)24-10-6-11-26-25(24)16-30-27(34(26)17-22-9-4-5-12-29-22)21-13-23(15-28-14-21)33-18-31-32-19-33/h1-16,18-19,27H,17H2. The molecular weight excluding hydrogens is 422 g/mol. The number of nitrogens with zero attached hydrogens (tertiary/aromatic N) is 7. The number of anilines is 1. The molecule has 7 nitrogen and oxygen atoms in total. The molecule has 3 aromatic heterocycles. The predicted molar refractivity (Wildman–Crippen MR) is 132 cm³/mol. The van der Waals surface area contributed by atoms with E-state index in [2.05, 4.69) is 73.6 Å². The molecule has 1 aliphatic heterocycles. The molecule has 0 bridgehead atoms. The van der Waals surface area contributed by atoms with Crippen LogP contribution in [0.4, 0.5) is 5.69 Å². The molecule has 0 saturated heterocycles. The number of hydrogen-bond donors (Lipinski definition) is 0. The normalized spacial score (nSPS) is 14.7. The van der Waals surface area contributed by atoms with Crippen LogP contribution in [0.2, 0.25) is 0 Å². The van der Waals surface area contributed by atoms with Gasteiger partial charge in [0.15, 0.2) is 0 Å². The summed E-state index contributed by atoms with van der Waals surface area (Å²) >= 11 is 0. The summed E-state index contributed by atoms with van der Waals surface area (Å²) in [5, 5.41) is 7.83. The van der Waals surface area contributed by atoms with E-state index in [-0.39, 0.29) is 6.17 Å². The SMILES string of the molecule is C1=NC(c2cncc(-n3cnnc3)c2)N(Cc2ccccn2)c2cccc(-c3ccccc3)c21. The first-order valence-corrected chi connectivity index (χ1v) is 11.0. The fourth-order valence-corrected chi connectivity index (χ4v) is 4.33. The largest absolute Gasteiger partial charge is 0.339 e. The molecule has 1 atom stereocenters. The Balaban J connectivity index is 1.47. The first-order chi connectivity index (χ1) is 16.9. The average Bonchev–Trinajstić information content (AvgIpc) is 3.45. The van der Waals surface area contributed by atoms with Gasteiger partial charge in [-0.25, -0.2) is 0 Å². The molecule has 0 aliphatic carbocycles. The number of aliphatic imine (C=N–C) groups is 1. The van der Waals surface area contributed by atoms with Crippen molar-refractivity contribution in [2.45, 2.75) is 12.7 Å². The van der Waals surface area contributed by atoms with E-state index >= 15 is 0 Å². The summed E-state index contributed by atoms with van der Waals surface area (Å²) in [7, 11) is 0. The Kier molecular flexibility index (Phi) is 5.12. The van der Waals surface area contributed by atoms with Gasteiger partial charge in [-0.05, 0) is 35.4 Å². The van der Waals surface area contributed by atoms with Crippen LogP contribution in [0.1, 0.15) is 23.0 Å². The fraction of sp³-hybridized carbons (Fsp3) is 0.0741. The van der Waals surface area contributed by atoms with Crippen molar-refractivity contribution >= 4 is 11.9 Å². The van der Waals surface area contributed by atoms with Gasteiger partial charge in [-0.2, -0.15) is 0 Å². The zero-order chi connectivity index (χ0) is 22.7. The lowest BCUT2D eigenvalue weighted by Gasteiger charge is -2.35. The molecule has 0 spiro atoms. The van der Waals surface area contributed by atoms with Crippen molar-refractivity contribution in [2.24, 2.45) is 4.99 Å². The monoisotopic (exact) mass is 443 g/mol. The molecule has 7 heteroatoms. The number of fused-ring (bicyclic) bond motifs is 1. The molecule has 0 saturated carbocycles. The van der Waals surface area contributed by atoms with Crippen LogP contribution in [0, 0.1) is 0 Å². The minimum atomic E-state index is -0.246. The van der Waals surface area contributed by atoms with Gasteiger partial charge in [-0.3, -0.25) is 19.5 Å². The van der Waals surface area contributed by atoms with Crippen LogP contribution >= 0.6 is 0 Å².